The lowest BCUT2D eigenvalue weighted by atomic mass is 10.4. The number of carbonyl (C=O) groups is 1. The highest BCUT2D eigenvalue weighted by Crippen LogP contribution is 2.03. The maximum atomic E-state index is 11.1. The molecule has 0 aromatic carbocycles. The Morgan fingerprint density at radius 1 is 1.31 bits per heavy atom. The fourth-order valence-electron chi connectivity index (χ4n) is 1.41. The number of hydrogen-bond donors (Lipinski definition) is 0. The third-order valence-electron chi connectivity index (χ3n) is 2.41. The summed E-state index contributed by atoms with van der Waals surface area (Å²) < 4.78 is 27.3. The normalized spacial score (nSPS) is 20.6. The van der Waals surface area contributed by atoms with Crippen LogP contribution in [0.1, 0.15) is 6.42 Å². The Morgan fingerprint density at radius 3 is 2.50 bits per heavy atom. The van der Waals surface area contributed by atoms with E-state index in [1.165, 1.54) is 0 Å². The standard InChI is InChI=1S/C9H16BrNO4S/c10-2-1-9(12)15-6-3-11-4-7-16(13,14)8-5-11/h1-8H2. The van der Waals surface area contributed by atoms with E-state index in [1.54, 1.807) is 0 Å². The lowest BCUT2D eigenvalue weighted by Gasteiger charge is -2.25. The summed E-state index contributed by atoms with van der Waals surface area (Å²) in [6.07, 6.45) is 0.369. The van der Waals surface area contributed by atoms with Gasteiger partial charge in [0.25, 0.3) is 0 Å². The van der Waals surface area contributed by atoms with Gasteiger partial charge in [0.05, 0.1) is 17.9 Å². The summed E-state index contributed by atoms with van der Waals surface area (Å²) in [6.45, 7) is 2.03. The molecule has 0 spiro atoms. The second kappa shape index (κ2) is 6.56. The molecule has 0 saturated carbocycles. The van der Waals surface area contributed by atoms with E-state index in [0.717, 1.165) is 0 Å². The van der Waals surface area contributed by atoms with E-state index in [2.05, 4.69) is 15.9 Å². The molecule has 0 aliphatic carbocycles. The average molecular weight is 314 g/mol. The first-order valence-electron chi connectivity index (χ1n) is 5.18. The summed E-state index contributed by atoms with van der Waals surface area (Å²) in [5.74, 6) is 0.200. The first kappa shape index (κ1) is 13.9. The van der Waals surface area contributed by atoms with Crippen LogP contribution in [0.15, 0.2) is 0 Å². The van der Waals surface area contributed by atoms with Crippen molar-refractivity contribution in [1.82, 2.24) is 4.90 Å². The molecule has 16 heavy (non-hydrogen) atoms. The molecule has 0 radical (unpaired) electrons. The van der Waals surface area contributed by atoms with Gasteiger partial charge in [-0.2, -0.15) is 0 Å². The van der Waals surface area contributed by atoms with Gasteiger partial charge in [0.2, 0.25) is 0 Å². The topological polar surface area (TPSA) is 63.7 Å². The summed E-state index contributed by atoms with van der Waals surface area (Å²) in [7, 11) is -2.82. The van der Waals surface area contributed by atoms with Crippen molar-refractivity contribution in [2.24, 2.45) is 0 Å². The molecule has 1 rings (SSSR count). The van der Waals surface area contributed by atoms with Gasteiger partial charge >= 0.3 is 5.97 Å². The van der Waals surface area contributed by atoms with Crippen molar-refractivity contribution in [2.75, 3.05) is 43.1 Å². The van der Waals surface area contributed by atoms with Crippen LogP contribution in [0.4, 0.5) is 0 Å². The van der Waals surface area contributed by atoms with E-state index in [1.807, 2.05) is 4.90 Å². The van der Waals surface area contributed by atoms with Crippen LogP contribution >= 0.6 is 15.9 Å². The van der Waals surface area contributed by atoms with Gasteiger partial charge in [-0.25, -0.2) is 8.42 Å². The van der Waals surface area contributed by atoms with Crippen LogP contribution in [0.3, 0.4) is 0 Å². The predicted molar refractivity (Wildman–Crippen MR) is 64.5 cm³/mol. The Morgan fingerprint density at radius 2 is 1.94 bits per heavy atom. The largest absolute Gasteiger partial charge is 0.464 e. The molecule has 0 aromatic rings. The van der Waals surface area contributed by atoms with Gasteiger partial charge < -0.3 is 4.74 Å². The van der Waals surface area contributed by atoms with Gasteiger partial charge in [0.15, 0.2) is 9.84 Å². The number of carbonyl (C=O) groups excluding carboxylic acids is 1. The Labute approximate surface area is 104 Å². The smallest absolute Gasteiger partial charge is 0.306 e. The molecule has 1 heterocycles. The quantitative estimate of drug-likeness (QED) is 0.530. The van der Waals surface area contributed by atoms with Crippen molar-refractivity contribution in [3.8, 4) is 0 Å². The molecule has 0 N–H and O–H groups in total. The Balaban J connectivity index is 2.13. The van der Waals surface area contributed by atoms with Crippen LogP contribution in [0, 0.1) is 0 Å². The van der Waals surface area contributed by atoms with Crippen molar-refractivity contribution in [3.63, 3.8) is 0 Å². The third kappa shape index (κ3) is 5.27. The van der Waals surface area contributed by atoms with Gasteiger partial charge in [0.1, 0.15) is 6.61 Å². The van der Waals surface area contributed by atoms with Crippen molar-refractivity contribution in [1.29, 1.82) is 0 Å². The van der Waals surface area contributed by atoms with Crippen LogP contribution in [0.5, 0.6) is 0 Å². The van der Waals surface area contributed by atoms with E-state index in [9.17, 15) is 13.2 Å². The molecule has 1 saturated heterocycles. The summed E-state index contributed by atoms with van der Waals surface area (Å²) in [5.41, 5.74) is 0. The fourth-order valence-corrected chi connectivity index (χ4v) is 3.01. The first-order chi connectivity index (χ1) is 7.53. The van der Waals surface area contributed by atoms with E-state index in [-0.39, 0.29) is 17.5 Å². The number of sulfone groups is 1. The molecule has 1 aliphatic rings. The highest BCUT2D eigenvalue weighted by molar-refractivity contribution is 9.09. The minimum Gasteiger partial charge on any atom is -0.464 e. The van der Waals surface area contributed by atoms with Crippen molar-refractivity contribution in [2.45, 2.75) is 6.42 Å². The minimum absolute atomic E-state index is 0.211. The lowest BCUT2D eigenvalue weighted by Crippen LogP contribution is -2.41. The zero-order valence-electron chi connectivity index (χ0n) is 9.02. The molecule has 94 valence electrons. The third-order valence-corrected chi connectivity index (χ3v) is 4.41. The van der Waals surface area contributed by atoms with Gasteiger partial charge in [-0.15, -0.1) is 0 Å². The lowest BCUT2D eigenvalue weighted by molar-refractivity contribution is -0.143. The van der Waals surface area contributed by atoms with Gasteiger partial charge in [-0.3, -0.25) is 9.69 Å². The second-order valence-corrected chi connectivity index (χ2v) is 6.75. The maximum Gasteiger partial charge on any atom is 0.306 e. The van der Waals surface area contributed by atoms with Gasteiger partial charge in [-0.1, -0.05) is 15.9 Å². The van der Waals surface area contributed by atoms with Gasteiger partial charge in [-0.05, 0) is 0 Å². The minimum atomic E-state index is -2.82. The zero-order chi connectivity index (χ0) is 12.0. The molecule has 0 unspecified atom stereocenters. The molecule has 7 heteroatoms. The number of ether oxygens (including phenoxy) is 1. The Kier molecular flexibility index (Phi) is 5.71. The molecule has 5 nitrogen and oxygen atoms in total. The second-order valence-electron chi connectivity index (χ2n) is 3.65. The molecule has 0 amide bonds. The SMILES string of the molecule is O=C(CCBr)OCCN1CCS(=O)(=O)CC1. The number of hydrogen-bond acceptors (Lipinski definition) is 5. The van der Waals surface area contributed by atoms with Crippen LogP contribution in [0.25, 0.3) is 0 Å². The number of halogens is 1. The zero-order valence-corrected chi connectivity index (χ0v) is 11.4. The Bertz CT molecular complexity index is 316. The fraction of sp³-hybridized carbons (Fsp3) is 0.889. The summed E-state index contributed by atoms with van der Waals surface area (Å²) in [4.78, 5) is 13.0. The number of nitrogens with zero attached hydrogens (tertiary/aromatic N) is 1. The van der Waals surface area contributed by atoms with Crippen LogP contribution in [-0.2, 0) is 19.4 Å². The molecule has 0 bridgehead atoms. The predicted octanol–water partition coefficient (Wildman–Crippen LogP) is 0.0450. The molecule has 0 aromatic heterocycles. The van der Waals surface area contributed by atoms with Crippen molar-refractivity contribution >= 4 is 31.7 Å². The van der Waals surface area contributed by atoms with Gasteiger partial charge in [0, 0.05) is 25.0 Å². The summed E-state index contributed by atoms with van der Waals surface area (Å²) in [6, 6.07) is 0. The van der Waals surface area contributed by atoms with E-state index in [4.69, 9.17) is 4.74 Å². The number of alkyl halides is 1. The highest BCUT2D eigenvalue weighted by Gasteiger charge is 2.21. The maximum absolute atomic E-state index is 11.1. The molecule has 0 atom stereocenters. The molecule has 1 aliphatic heterocycles. The van der Waals surface area contributed by atoms with E-state index >= 15 is 0 Å². The monoisotopic (exact) mass is 313 g/mol. The molecular weight excluding hydrogens is 298 g/mol. The van der Waals surface area contributed by atoms with E-state index in [0.29, 0.717) is 38.0 Å². The van der Waals surface area contributed by atoms with Crippen molar-refractivity contribution < 1.29 is 17.9 Å². The van der Waals surface area contributed by atoms with Crippen LogP contribution in [0.2, 0.25) is 0 Å². The summed E-state index contributed by atoms with van der Waals surface area (Å²) in [5, 5.41) is 0.605. The first-order valence-corrected chi connectivity index (χ1v) is 8.12. The van der Waals surface area contributed by atoms with Crippen molar-refractivity contribution in [3.05, 3.63) is 0 Å². The molecule has 1 fully saturated rings. The van der Waals surface area contributed by atoms with Crippen LogP contribution < -0.4 is 0 Å². The highest BCUT2D eigenvalue weighted by atomic mass is 79.9. The summed E-state index contributed by atoms with van der Waals surface area (Å²) >= 11 is 3.15. The number of esters is 1. The van der Waals surface area contributed by atoms with E-state index < -0.39 is 9.84 Å². The molecular formula is C9H16BrNO4S. The Hall–Kier alpha value is -0.140. The van der Waals surface area contributed by atoms with Crippen LogP contribution in [-0.4, -0.2) is 62.4 Å². The number of rotatable bonds is 5. The average Bonchev–Trinajstić information content (AvgIpc) is 2.21.